The third kappa shape index (κ3) is 6.92. The van der Waals surface area contributed by atoms with Gasteiger partial charge in [-0.1, -0.05) is 13.5 Å². The van der Waals surface area contributed by atoms with E-state index in [0.29, 0.717) is 11.6 Å². The van der Waals surface area contributed by atoms with Crippen molar-refractivity contribution in [3.8, 4) is 0 Å². The van der Waals surface area contributed by atoms with Crippen LogP contribution in [-0.2, 0) is 4.79 Å². The molecule has 0 fully saturated rings. The van der Waals surface area contributed by atoms with Crippen molar-refractivity contribution in [3.63, 3.8) is 0 Å². The summed E-state index contributed by atoms with van der Waals surface area (Å²) in [7, 11) is 0. The molecule has 1 atom stereocenters. The lowest BCUT2D eigenvalue weighted by Gasteiger charge is -2.21. The SMILES string of the molecule is C=C(C)C(=O)NC(CC)NC(C)C.Cl. The minimum Gasteiger partial charge on any atom is -0.337 e. The second-order valence-corrected chi connectivity index (χ2v) is 3.54. The first-order chi connectivity index (χ1) is 5.97. The van der Waals surface area contributed by atoms with Crippen molar-refractivity contribution < 1.29 is 4.79 Å². The molecule has 0 aromatic rings. The van der Waals surface area contributed by atoms with Gasteiger partial charge in [0.15, 0.2) is 0 Å². The summed E-state index contributed by atoms with van der Waals surface area (Å²) in [5.41, 5.74) is 0.545. The van der Waals surface area contributed by atoms with E-state index in [0.717, 1.165) is 6.42 Å². The molecule has 0 bridgehead atoms. The largest absolute Gasteiger partial charge is 0.337 e. The molecule has 0 aromatic carbocycles. The van der Waals surface area contributed by atoms with Gasteiger partial charge in [0.1, 0.15) is 0 Å². The highest BCUT2D eigenvalue weighted by Crippen LogP contribution is 1.93. The summed E-state index contributed by atoms with van der Waals surface area (Å²) in [6.07, 6.45) is 0.918. The Morgan fingerprint density at radius 2 is 1.93 bits per heavy atom. The van der Waals surface area contributed by atoms with Gasteiger partial charge in [-0.25, -0.2) is 0 Å². The van der Waals surface area contributed by atoms with Crippen LogP contribution in [0.3, 0.4) is 0 Å². The van der Waals surface area contributed by atoms with Crippen LogP contribution in [0.4, 0.5) is 0 Å². The van der Waals surface area contributed by atoms with Gasteiger partial charge < -0.3 is 5.32 Å². The highest BCUT2D eigenvalue weighted by molar-refractivity contribution is 5.92. The Kier molecular flexibility index (Phi) is 8.89. The molecule has 0 aliphatic carbocycles. The Morgan fingerprint density at radius 3 is 2.21 bits per heavy atom. The van der Waals surface area contributed by atoms with Crippen molar-refractivity contribution in [1.29, 1.82) is 0 Å². The zero-order valence-electron chi connectivity index (χ0n) is 9.39. The van der Waals surface area contributed by atoms with Crippen molar-refractivity contribution in [1.82, 2.24) is 10.6 Å². The molecule has 0 radical (unpaired) electrons. The predicted molar refractivity (Wildman–Crippen MR) is 62.6 cm³/mol. The zero-order chi connectivity index (χ0) is 10.4. The van der Waals surface area contributed by atoms with Crippen LogP contribution in [0.5, 0.6) is 0 Å². The summed E-state index contributed by atoms with van der Waals surface area (Å²) in [4.78, 5) is 11.2. The zero-order valence-corrected chi connectivity index (χ0v) is 10.2. The van der Waals surface area contributed by atoms with E-state index in [1.165, 1.54) is 0 Å². The first kappa shape index (κ1) is 15.9. The van der Waals surface area contributed by atoms with Crippen LogP contribution in [0.25, 0.3) is 0 Å². The molecule has 4 heteroatoms. The fourth-order valence-electron chi connectivity index (χ4n) is 0.945. The number of hydrogen-bond donors (Lipinski definition) is 2. The molecule has 0 saturated heterocycles. The highest BCUT2D eigenvalue weighted by Gasteiger charge is 2.10. The molecule has 0 rings (SSSR count). The predicted octanol–water partition coefficient (Wildman–Crippen LogP) is 1.83. The lowest BCUT2D eigenvalue weighted by atomic mass is 10.2. The van der Waals surface area contributed by atoms with E-state index in [4.69, 9.17) is 0 Å². The molecule has 1 amide bonds. The van der Waals surface area contributed by atoms with E-state index >= 15 is 0 Å². The van der Waals surface area contributed by atoms with Crippen LogP contribution in [0.2, 0.25) is 0 Å². The second-order valence-electron chi connectivity index (χ2n) is 3.54. The molecule has 0 aliphatic rings. The van der Waals surface area contributed by atoms with Gasteiger partial charge in [0, 0.05) is 11.6 Å². The Balaban J connectivity index is 0. The number of carbonyl (C=O) groups excluding carboxylic acids is 1. The van der Waals surface area contributed by atoms with Crippen molar-refractivity contribution >= 4 is 18.3 Å². The normalized spacial score (nSPS) is 11.8. The lowest BCUT2D eigenvalue weighted by molar-refractivity contribution is -0.118. The van der Waals surface area contributed by atoms with E-state index < -0.39 is 0 Å². The van der Waals surface area contributed by atoms with Crippen LogP contribution in [-0.4, -0.2) is 18.1 Å². The quantitative estimate of drug-likeness (QED) is 0.549. The summed E-state index contributed by atoms with van der Waals surface area (Å²) in [5, 5.41) is 6.09. The standard InChI is InChI=1S/C10H20N2O.ClH/c1-6-9(11-8(4)5)12-10(13)7(2)3;/h8-9,11H,2,6H2,1,3-5H3,(H,12,13);1H. The van der Waals surface area contributed by atoms with E-state index in [1.807, 2.05) is 6.92 Å². The Labute approximate surface area is 92.7 Å². The average molecular weight is 221 g/mol. The molecule has 3 nitrogen and oxygen atoms in total. The van der Waals surface area contributed by atoms with E-state index in [1.54, 1.807) is 6.92 Å². The van der Waals surface area contributed by atoms with Gasteiger partial charge in [0.25, 0.3) is 0 Å². The molecule has 0 spiro atoms. The molecule has 1 unspecified atom stereocenters. The topological polar surface area (TPSA) is 41.1 Å². The maximum absolute atomic E-state index is 11.2. The lowest BCUT2D eigenvalue weighted by Crippen LogP contribution is -2.47. The minimum atomic E-state index is -0.0833. The molecule has 0 saturated carbocycles. The number of amides is 1. The molecule has 0 aromatic heterocycles. The summed E-state index contributed by atoms with van der Waals surface area (Å²) < 4.78 is 0. The van der Waals surface area contributed by atoms with Crippen LogP contribution >= 0.6 is 12.4 Å². The Hall–Kier alpha value is -0.540. The number of hydrogen-bond acceptors (Lipinski definition) is 2. The van der Waals surface area contributed by atoms with Gasteiger partial charge in [-0.05, 0) is 27.2 Å². The van der Waals surface area contributed by atoms with Gasteiger partial charge in [-0.15, -0.1) is 12.4 Å². The van der Waals surface area contributed by atoms with Crippen LogP contribution < -0.4 is 10.6 Å². The smallest absolute Gasteiger partial charge is 0.247 e. The second kappa shape index (κ2) is 7.83. The number of nitrogens with one attached hydrogen (secondary N) is 2. The first-order valence-corrected chi connectivity index (χ1v) is 4.69. The van der Waals surface area contributed by atoms with E-state index in [2.05, 4.69) is 31.1 Å². The first-order valence-electron chi connectivity index (χ1n) is 4.69. The Bertz CT molecular complexity index is 193. The van der Waals surface area contributed by atoms with E-state index in [9.17, 15) is 4.79 Å². The minimum absolute atomic E-state index is 0. The Morgan fingerprint density at radius 1 is 1.43 bits per heavy atom. The molecule has 0 aliphatic heterocycles. The maximum Gasteiger partial charge on any atom is 0.247 e. The van der Waals surface area contributed by atoms with Gasteiger partial charge in [-0.2, -0.15) is 0 Å². The average Bonchev–Trinajstić information content (AvgIpc) is 2.02. The van der Waals surface area contributed by atoms with Gasteiger partial charge >= 0.3 is 0 Å². The number of rotatable bonds is 5. The van der Waals surface area contributed by atoms with E-state index in [-0.39, 0.29) is 24.5 Å². The summed E-state index contributed by atoms with van der Waals surface area (Å²) >= 11 is 0. The van der Waals surface area contributed by atoms with Gasteiger partial charge in [0.05, 0.1) is 6.17 Å². The third-order valence-corrected chi connectivity index (χ3v) is 1.64. The monoisotopic (exact) mass is 220 g/mol. The molecule has 0 heterocycles. The van der Waals surface area contributed by atoms with Crippen molar-refractivity contribution in [2.75, 3.05) is 0 Å². The fourth-order valence-corrected chi connectivity index (χ4v) is 0.945. The highest BCUT2D eigenvalue weighted by atomic mass is 35.5. The van der Waals surface area contributed by atoms with Crippen LogP contribution in [0.1, 0.15) is 34.1 Å². The van der Waals surface area contributed by atoms with Gasteiger partial charge in [-0.3, -0.25) is 10.1 Å². The van der Waals surface area contributed by atoms with Gasteiger partial charge in [0.2, 0.25) is 5.91 Å². The van der Waals surface area contributed by atoms with Crippen molar-refractivity contribution in [3.05, 3.63) is 12.2 Å². The summed E-state index contributed by atoms with van der Waals surface area (Å²) in [5.74, 6) is -0.0833. The number of halogens is 1. The third-order valence-electron chi connectivity index (χ3n) is 1.64. The maximum atomic E-state index is 11.2. The fraction of sp³-hybridized carbons (Fsp3) is 0.700. The molecular formula is C10H21ClN2O. The van der Waals surface area contributed by atoms with Crippen LogP contribution in [0.15, 0.2) is 12.2 Å². The molecule has 14 heavy (non-hydrogen) atoms. The molecular weight excluding hydrogens is 200 g/mol. The summed E-state index contributed by atoms with van der Waals surface area (Å²) in [6.45, 7) is 11.4. The number of carbonyl (C=O) groups is 1. The van der Waals surface area contributed by atoms with Crippen molar-refractivity contribution in [2.24, 2.45) is 0 Å². The van der Waals surface area contributed by atoms with Crippen LogP contribution in [0, 0.1) is 0 Å². The van der Waals surface area contributed by atoms with Crippen molar-refractivity contribution in [2.45, 2.75) is 46.3 Å². The molecule has 84 valence electrons. The molecule has 2 N–H and O–H groups in total. The summed E-state index contributed by atoms with van der Waals surface area (Å²) in [6, 6.07) is 0.371.